The SMILES string of the molecule is Cc1c(O)c(-c2nc(C(=O)O)c3cc(N4CCNCC4)ccc3n2)cc2cn(C)nc12. The summed E-state index contributed by atoms with van der Waals surface area (Å²) in [5, 5.41) is 29.6. The van der Waals surface area contributed by atoms with E-state index in [2.05, 4.69) is 25.3 Å². The van der Waals surface area contributed by atoms with E-state index in [1.807, 2.05) is 24.4 Å². The van der Waals surface area contributed by atoms with Gasteiger partial charge in [-0.1, -0.05) is 0 Å². The molecule has 1 saturated heterocycles. The molecule has 0 spiro atoms. The summed E-state index contributed by atoms with van der Waals surface area (Å²) in [6.07, 6.45) is 1.84. The Morgan fingerprint density at radius 1 is 1.16 bits per heavy atom. The molecule has 5 rings (SSSR count). The number of carboxylic acid groups (broad SMARTS) is 1. The van der Waals surface area contributed by atoms with Crippen LogP contribution < -0.4 is 10.2 Å². The summed E-state index contributed by atoms with van der Waals surface area (Å²) in [4.78, 5) is 23.2. The van der Waals surface area contributed by atoms with Gasteiger partial charge in [-0.15, -0.1) is 0 Å². The van der Waals surface area contributed by atoms with Gasteiger partial charge in [-0.3, -0.25) is 4.68 Å². The largest absolute Gasteiger partial charge is 0.507 e. The van der Waals surface area contributed by atoms with Gasteiger partial charge in [-0.25, -0.2) is 14.8 Å². The fraction of sp³-hybridized carbons (Fsp3) is 0.273. The van der Waals surface area contributed by atoms with Crippen molar-refractivity contribution in [2.24, 2.45) is 7.05 Å². The Labute approximate surface area is 178 Å². The van der Waals surface area contributed by atoms with Crippen LogP contribution in [-0.4, -0.2) is 62.1 Å². The number of aromatic carboxylic acids is 1. The first-order valence-corrected chi connectivity index (χ1v) is 10.1. The number of phenols is 1. The molecule has 0 amide bonds. The van der Waals surface area contributed by atoms with E-state index in [4.69, 9.17) is 0 Å². The topological polar surface area (TPSA) is 116 Å². The average Bonchev–Trinajstić information content (AvgIpc) is 3.16. The zero-order valence-electron chi connectivity index (χ0n) is 17.3. The molecule has 3 N–H and O–H groups in total. The number of anilines is 1. The van der Waals surface area contributed by atoms with Crippen LogP contribution >= 0.6 is 0 Å². The van der Waals surface area contributed by atoms with E-state index in [1.54, 1.807) is 24.7 Å². The molecule has 0 bridgehead atoms. The monoisotopic (exact) mass is 418 g/mol. The summed E-state index contributed by atoms with van der Waals surface area (Å²) in [5.74, 6) is -0.963. The minimum atomic E-state index is -1.13. The Morgan fingerprint density at radius 2 is 1.94 bits per heavy atom. The second-order valence-corrected chi connectivity index (χ2v) is 7.78. The zero-order valence-corrected chi connectivity index (χ0v) is 17.3. The predicted molar refractivity (Wildman–Crippen MR) is 118 cm³/mol. The molecule has 3 heterocycles. The van der Waals surface area contributed by atoms with Crippen molar-refractivity contribution >= 4 is 33.5 Å². The molecule has 4 aromatic rings. The fourth-order valence-corrected chi connectivity index (χ4v) is 4.13. The third-order valence-electron chi connectivity index (χ3n) is 5.73. The number of hydrogen-bond donors (Lipinski definition) is 3. The van der Waals surface area contributed by atoms with Crippen LogP contribution in [0.1, 0.15) is 16.1 Å². The zero-order chi connectivity index (χ0) is 21.7. The van der Waals surface area contributed by atoms with E-state index < -0.39 is 5.97 Å². The second kappa shape index (κ2) is 7.21. The number of benzene rings is 2. The molecule has 31 heavy (non-hydrogen) atoms. The van der Waals surface area contributed by atoms with Crippen molar-refractivity contribution < 1.29 is 15.0 Å². The van der Waals surface area contributed by atoms with Gasteiger partial charge in [0.1, 0.15) is 5.75 Å². The van der Waals surface area contributed by atoms with Crippen LogP contribution in [0, 0.1) is 6.92 Å². The predicted octanol–water partition coefficient (Wildman–Crippen LogP) is 2.31. The normalized spacial score (nSPS) is 14.5. The first-order valence-electron chi connectivity index (χ1n) is 10.1. The highest BCUT2D eigenvalue weighted by atomic mass is 16.4. The van der Waals surface area contributed by atoms with Crippen molar-refractivity contribution in [2.45, 2.75) is 6.92 Å². The van der Waals surface area contributed by atoms with Crippen LogP contribution in [0.5, 0.6) is 5.75 Å². The lowest BCUT2D eigenvalue weighted by atomic mass is 10.0. The number of aromatic nitrogens is 4. The van der Waals surface area contributed by atoms with Crippen LogP contribution in [0.15, 0.2) is 30.5 Å². The maximum atomic E-state index is 12.1. The number of phenolic OH excluding ortho intramolecular Hbond substituents is 1. The molecule has 0 unspecified atom stereocenters. The van der Waals surface area contributed by atoms with E-state index in [0.29, 0.717) is 27.5 Å². The van der Waals surface area contributed by atoms with Crippen molar-refractivity contribution in [2.75, 3.05) is 31.1 Å². The number of hydrogen-bond acceptors (Lipinski definition) is 7. The van der Waals surface area contributed by atoms with Crippen molar-refractivity contribution in [3.05, 3.63) is 41.7 Å². The van der Waals surface area contributed by atoms with Gasteiger partial charge in [0.05, 0.1) is 16.6 Å². The number of nitrogens with zero attached hydrogens (tertiary/aromatic N) is 5. The van der Waals surface area contributed by atoms with Gasteiger partial charge >= 0.3 is 5.97 Å². The maximum Gasteiger partial charge on any atom is 0.355 e. The van der Waals surface area contributed by atoms with E-state index in [9.17, 15) is 15.0 Å². The van der Waals surface area contributed by atoms with Crippen molar-refractivity contribution in [1.82, 2.24) is 25.1 Å². The molecule has 158 valence electrons. The van der Waals surface area contributed by atoms with Crippen molar-refractivity contribution in [1.29, 1.82) is 0 Å². The number of fused-ring (bicyclic) bond motifs is 2. The molecule has 9 heteroatoms. The molecule has 1 fully saturated rings. The van der Waals surface area contributed by atoms with Gasteiger partial charge in [0.2, 0.25) is 0 Å². The summed E-state index contributed by atoms with van der Waals surface area (Å²) < 4.78 is 1.67. The second-order valence-electron chi connectivity index (χ2n) is 7.78. The summed E-state index contributed by atoms with van der Waals surface area (Å²) in [5.41, 5.74) is 3.05. The molecule has 0 atom stereocenters. The summed E-state index contributed by atoms with van der Waals surface area (Å²) in [7, 11) is 1.81. The molecular formula is C22H22N6O3. The van der Waals surface area contributed by atoms with Crippen molar-refractivity contribution in [3.8, 4) is 17.1 Å². The smallest absolute Gasteiger partial charge is 0.355 e. The average molecular weight is 418 g/mol. The highest BCUT2D eigenvalue weighted by Gasteiger charge is 2.21. The quantitative estimate of drug-likeness (QED) is 0.464. The molecule has 1 aliphatic rings. The maximum absolute atomic E-state index is 12.1. The van der Waals surface area contributed by atoms with Crippen LogP contribution in [0.2, 0.25) is 0 Å². The number of aromatic hydroxyl groups is 1. The molecule has 9 nitrogen and oxygen atoms in total. The molecular weight excluding hydrogens is 396 g/mol. The number of carboxylic acids is 1. The number of rotatable bonds is 3. The van der Waals surface area contributed by atoms with E-state index in [0.717, 1.165) is 37.3 Å². The van der Waals surface area contributed by atoms with Crippen LogP contribution in [-0.2, 0) is 7.05 Å². The third kappa shape index (κ3) is 3.23. The van der Waals surface area contributed by atoms with Crippen LogP contribution in [0.4, 0.5) is 5.69 Å². The number of piperazine rings is 1. The number of carbonyl (C=O) groups is 1. The Hall–Kier alpha value is -3.72. The summed E-state index contributed by atoms with van der Waals surface area (Å²) in [6.45, 7) is 5.24. The summed E-state index contributed by atoms with van der Waals surface area (Å²) >= 11 is 0. The molecule has 2 aromatic carbocycles. The Balaban J connectivity index is 1.69. The van der Waals surface area contributed by atoms with Crippen LogP contribution in [0.3, 0.4) is 0 Å². The van der Waals surface area contributed by atoms with Gasteiger partial charge < -0.3 is 20.4 Å². The molecule has 0 radical (unpaired) electrons. The van der Waals surface area contributed by atoms with E-state index in [-0.39, 0.29) is 17.3 Å². The fourth-order valence-electron chi connectivity index (χ4n) is 4.13. The first-order chi connectivity index (χ1) is 14.9. The minimum Gasteiger partial charge on any atom is -0.507 e. The minimum absolute atomic E-state index is 0.000624. The Kier molecular flexibility index (Phi) is 4.48. The van der Waals surface area contributed by atoms with E-state index >= 15 is 0 Å². The highest BCUT2D eigenvalue weighted by Crippen LogP contribution is 2.36. The molecule has 0 aliphatic carbocycles. The Morgan fingerprint density at radius 3 is 2.68 bits per heavy atom. The van der Waals surface area contributed by atoms with Crippen LogP contribution in [0.25, 0.3) is 33.2 Å². The van der Waals surface area contributed by atoms with Gasteiger partial charge in [0, 0.05) is 61.4 Å². The van der Waals surface area contributed by atoms with Gasteiger partial charge in [-0.2, -0.15) is 5.10 Å². The molecule has 0 saturated carbocycles. The molecule has 2 aromatic heterocycles. The van der Waals surface area contributed by atoms with Gasteiger partial charge in [-0.05, 0) is 31.2 Å². The Bertz CT molecular complexity index is 1340. The van der Waals surface area contributed by atoms with E-state index in [1.165, 1.54) is 0 Å². The highest BCUT2D eigenvalue weighted by molar-refractivity contribution is 6.02. The third-order valence-corrected chi connectivity index (χ3v) is 5.73. The first kappa shape index (κ1) is 19.3. The lowest BCUT2D eigenvalue weighted by Crippen LogP contribution is -2.43. The number of aryl methyl sites for hydroxylation is 2. The summed E-state index contributed by atoms with van der Waals surface area (Å²) in [6, 6.07) is 7.35. The number of nitrogens with one attached hydrogen (secondary N) is 1. The van der Waals surface area contributed by atoms with Crippen molar-refractivity contribution in [3.63, 3.8) is 0 Å². The lowest BCUT2D eigenvalue weighted by molar-refractivity contribution is 0.0693. The van der Waals surface area contributed by atoms with Gasteiger partial charge in [0.25, 0.3) is 0 Å². The molecule has 1 aliphatic heterocycles. The standard InChI is InChI=1S/C22H22N6O3/c1-12-18-13(11-27(2)26-18)9-16(20(12)29)21-24-17-4-3-14(28-7-5-23-6-8-28)10-15(17)19(25-21)22(30)31/h3-4,9-11,23,29H,5-8H2,1-2H3,(H,30,31). The lowest BCUT2D eigenvalue weighted by Gasteiger charge is -2.29. The van der Waals surface area contributed by atoms with Gasteiger partial charge in [0.15, 0.2) is 11.5 Å².